The molecular weight excluding hydrogens is 1960 g/mol. The third-order valence-corrected chi connectivity index (χ3v) is 26.8. The molecule has 11 aromatic rings. The molecule has 3 fully saturated rings. The number of aromatic hydroxyl groups is 4. The summed E-state index contributed by atoms with van der Waals surface area (Å²) in [5.41, 5.74) is 1.28. The molecule has 41 nitrogen and oxygen atoms in total. The Morgan fingerprint density at radius 2 is 0.939 bits per heavy atom. The van der Waals surface area contributed by atoms with Gasteiger partial charge in [-0.2, -0.15) is 0 Å². The molecule has 9 aliphatic rings. The van der Waals surface area contributed by atoms with E-state index in [1.807, 2.05) is 97.1 Å². The largest absolute Gasteiger partial charge is 0.508 e. The first-order valence-corrected chi connectivity index (χ1v) is 47.2. The average molecular weight is 2060 g/mol. The number of fused-ring (bicyclic) bond motifs is 14. The molecular formula is C104H99Cl2N9O32. The van der Waals surface area contributed by atoms with Gasteiger partial charge in [0.25, 0.3) is 0 Å². The Morgan fingerprint density at radius 1 is 0.422 bits per heavy atom. The van der Waals surface area contributed by atoms with Crippen LogP contribution in [0.15, 0.2) is 224 Å². The number of aliphatic carboxylic acids is 1. The quantitative estimate of drug-likeness (QED) is 0.0514. The van der Waals surface area contributed by atoms with Crippen molar-refractivity contribution >= 4 is 70.5 Å². The van der Waals surface area contributed by atoms with Crippen LogP contribution >= 0.6 is 23.2 Å². The van der Waals surface area contributed by atoms with Gasteiger partial charge < -0.3 is 162 Å². The van der Waals surface area contributed by atoms with E-state index in [0.717, 1.165) is 102 Å². The Bertz CT molecular complexity index is 6820. The fourth-order valence-electron chi connectivity index (χ4n) is 18.6. The van der Waals surface area contributed by atoms with Crippen LogP contribution in [0.3, 0.4) is 0 Å². The van der Waals surface area contributed by atoms with E-state index in [2.05, 4.69) is 47.9 Å². The van der Waals surface area contributed by atoms with Gasteiger partial charge in [-0.25, -0.2) is 4.79 Å². The van der Waals surface area contributed by atoms with Gasteiger partial charge in [-0.1, -0.05) is 157 Å². The number of hydrogen-bond acceptors (Lipinski definition) is 33. The first kappa shape index (κ1) is 102. The lowest BCUT2D eigenvalue weighted by Gasteiger charge is -2.44. The number of carbonyl (C=O) groups excluding carboxylic acids is 7. The fraction of sp³-hybridized carbons (Fsp3) is 0.288. The van der Waals surface area contributed by atoms with E-state index in [9.17, 15) is 86.2 Å². The van der Waals surface area contributed by atoms with Crippen LogP contribution in [0.1, 0.15) is 93.3 Å². The predicted molar refractivity (Wildman–Crippen MR) is 516 cm³/mol. The van der Waals surface area contributed by atoms with Gasteiger partial charge in [0.15, 0.2) is 35.3 Å². The lowest BCUT2D eigenvalue weighted by Crippen LogP contribution is -2.65. The van der Waals surface area contributed by atoms with Gasteiger partial charge >= 0.3 is 5.97 Å². The number of aliphatic hydroxyl groups is 10. The van der Waals surface area contributed by atoms with Gasteiger partial charge in [-0.15, -0.1) is 0 Å². The summed E-state index contributed by atoms with van der Waals surface area (Å²) in [5, 5.41) is 197. The Morgan fingerprint density at radius 3 is 1.54 bits per heavy atom. The summed E-state index contributed by atoms with van der Waals surface area (Å²) in [6.45, 7) is -2.22. The van der Waals surface area contributed by atoms with Crippen LogP contribution in [-0.2, 0) is 76.8 Å². The van der Waals surface area contributed by atoms with Crippen molar-refractivity contribution < 1.29 is 158 Å². The molecule has 43 heteroatoms. The second-order valence-electron chi connectivity index (χ2n) is 36.1. The third-order valence-electron chi connectivity index (χ3n) is 26.3. The molecule has 23 atom stereocenters. The molecule has 7 amide bonds. The van der Waals surface area contributed by atoms with Gasteiger partial charge in [0.05, 0.1) is 35.9 Å². The zero-order chi connectivity index (χ0) is 104. The highest BCUT2D eigenvalue weighted by molar-refractivity contribution is 6.32. The van der Waals surface area contributed by atoms with Crippen molar-refractivity contribution in [3.63, 3.8) is 0 Å². The molecule has 0 aromatic heterocycles. The van der Waals surface area contributed by atoms with Gasteiger partial charge in [-0.05, 0) is 146 Å². The number of hydrogen-bond donors (Lipinski definition) is 24. The minimum absolute atomic E-state index is 0.0126. The number of carboxylic acid groups (broad SMARTS) is 1. The van der Waals surface area contributed by atoms with Crippen molar-refractivity contribution in [1.29, 1.82) is 0 Å². The summed E-state index contributed by atoms with van der Waals surface area (Å²) in [6.07, 6.45) is -28.8. The number of benzene rings is 11. The molecule has 0 saturated carbocycles. The summed E-state index contributed by atoms with van der Waals surface area (Å²) in [4.78, 5) is 127. The summed E-state index contributed by atoms with van der Waals surface area (Å²) in [5.74, 6) is -18.2. The van der Waals surface area contributed by atoms with Crippen LogP contribution in [0, 0.1) is 0 Å². The number of ether oxygens (including phenoxy) is 9. The molecule has 0 spiro atoms. The second kappa shape index (κ2) is 43.5. The van der Waals surface area contributed by atoms with Crippen LogP contribution in [-0.4, -0.2) is 248 Å². The molecule has 17 bridgehead atoms. The lowest BCUT2D eigenvalue weighted by atomic mass is 9.89. The third kappa shape index (κ3) is 21.8. The van der Waals surface area contributed by atoms with Gasteiger partial charge in [-0.3, -0.25) is 38.9 Å². The smallest absolute Gasteiger partial charge is 0.330 e. The van der Waals surface area contributed by atoms with E-state index in [4.69, 9.17) is 65.8 Å². The molecule has 0 aliphatic carbocycles. The first-order valence-electron chi connectivity index (χ1n) is 46.4. The molecule has 766 valence electrons. The average Bonchev–Trinajstić information content (AvgIpc) is 0.753. The second-order valence-corrected chi connectivity index (χ2v) is 36.9. The molecule has 9 aliphatic heterocycles. The Hall–Kier alpha value is -14.7. The van der Waals surface area contributed by atoms with Crippen molar-refractivity contribution in [3.8, 4) is 102 Å². The lowest BCUT2D eigenvalue weighted by molar-refractivity contribution is -0.284. The van der Waals surface area contributed by atoms with Crippen molar-refractivity contribution in [2.24, 2.45) is 0 Å². The van der Waals surface area contributed by atoms with Crippen LogP contribution in [0.25, 0.3) is 33.4 Å². The Balaban J connectivity index is 0.853. The van der Waals surface area contributed by atoms with Crippen LogP contribution in [0.2, 0.25) is 10.0 Å². The molecule has 3 saturated heterocycles. The topological polar surface area (TPSA) is 631 Å². The van der Waals surface area contributed by atoms with Crippen LogP contribution in [0.5, 0.6) is 69.0 Å². The molecule has 11 aromatic carbocycles. The van der Waals surface area contributed by atoms with Crippen molar-refractivity contribution in [2.75, 3.05) is 19.8 Å². The summed E-state index contributed by atoms with van der Waals surface area (Å²) in [6, 6.07) is 35.7. The van der Waals surface area contributed by atoms with Crippen LogP contribution in [0.4, 0.5) is 0 Å². The maximum atomic E-state index is 17.3. The molecule has 9 heterocycles. The summed E-state index contributed by atoms with van der Waals surface area (Å²) < 4.78 is 58.6. The Labute approximate surface area is 845 Å². The van der Waals surface area contributed by atoms with E-state index in [-0.39, 0.29) is 57.6 Å². The van der Waals surface area contributed by atoms with E-state index in [0.29, 0.717) is 11.1 Å². The van der Waals surface area contributed by atoms with Crippen LogP contribution < -0.4 is 71.5 Å². The number of phenols is 4. The zero-order valence-electron chi connectivity index (χ0n) is 77.3. The summed E-state index contributed by atoms with van der Waals surface area (Å²) >= 11 is 15.0. The number of aliphatic hydroxyl groups excluding tert-OH is 10. The maximum absolute atomic E-state index is 17.3. The number of carboxylic acids is 1. The minimum Gasteiger partial charge on any atom is -0.508 e. The van der Waals surface area contributed by atoms with Gasteiger partial charge in [0.1, 0.15) is 150 Å². The highest BCUT2D eigenvalue weighted by Gasteiger charge is 2.52. The number of amides is 7. The van der Waals surface area contributed by atoms with E-state index in [1.165, 1.54) is 42.5 Å². The summed E-state index contributed by atoms with van der Waals surface area (Å²) in [7, 11) is 0. The highest BCUT2D eigenvalue weighted by Crippen LogP contribution is 2.52. The van der Waals surface area contributed by atoms with Gasteiger partial charge in [0.2, 0.25) is 59.7 Å². The zero-order valence-corrected chi connectivity index (χ0v) is 78.8. The number of carbonyl (C=O) groups is 8. The standard InChI is InChI=1S/C104H99Cl2N9O32/c1-45(119)109-84-90(128)87(125)75(43-117)144-103(84)146-93-55-23-27-69(64(106)33-55)141-73-36-57-35-72(94(73)147-102-83(89(127)86(124)74(42-116)143-102)108-41-47-14-19-52(20-15-47)50-10-6-3-7-11-50)140-68-26-16-48(28-63(68)105)29-65-95(131)111-80(56-30-58(120)37-60(31-56)139-70-34-54(22-25-67(70)123)78(96(132)110-65)107-40-46-12-17-51(18-13-46)49-8-4-2-5-9-49)98(134)113-81(57)99(135)112-79-53-21-24-66(122)61(32-53)77-62(82(101(137)138)114-100(136)85(93)115-97(79)133)38-59(121)39-71(77)142-104-92(130)91(129)88(126)76(44-118)145-104/h2-28,30-39,65,74-76,78-93,102-104,107-108,116-118,120-130H,29,40-44H2,1H3,(H,109,119)(H,110,132)(H,111,131)(H,112,135)(H,113,134)(H,114,136)(H,115,133)(H,137,138)/t65-,74-,75-,76-,78+,79-,80+,81-,82+,83-,84-,85+,86-,87-,88-,89-,90-,91+,92+,93-,102+,103+,104+/m1/s1. The number of halogens is 2. The van der Waals surface area contributed by atoms with E-state index < -0.39 is 299 Å². The van der Waals surface area contributed by atoms with Crippen molar-refractivity contribution in [2.45, 2.75) is 167 Å². The normalized spacial score (nSPS) is 27.1. The number of phenolic OH excluding ortho intramolecular Hbond substituents is 4. The molecule has 0 radical (unpaired) electrons. The Kier molecular flexibility index (Phi) is 30.3. The molecule has 20 rings (SSSR count). The predicted octanol–water partition coefficient (Wildman–Crippen LogP) is 4.86. The molecule has 0 unspecified atom stereocenters. The highest BCUT2D eigenvalue weighted by atomic mass is 35.5. The van der Waals surface area contributed by atoms with Crippen molar-refractivity contribution in [1.82, 2.24) is 47.9 Å². The molecule has 24 N–H and O–H groups in total. The number of nitrogens with one attached hydrogen (secondary N) is 9. The van der Waals surface area contributed by atoms with Crippen molar-refractivity contribution in [3.05, 3.63) is 285 Å². The fourth-order valence-corrected chi connectivity index (χ4v) is 19.1. The van der Waals surface area contributed by atoms with E-state index in [1.54, 1.807) is 12.1 Å². The monoisotopic (exact) mass is 2060 g/mol. The molecule has 147 heavy (non-hydrogen) atoms. The first-order chi connectivity index (χ1) is 70.6. The minimum atomic E-state index is -2.59. The van der Waals surface area contributed by atoms with E-state index >= 15 is 28.8 Å². The number of rotatable bonds is 19. The SMILES string of the molecule is CC(=O)N[C@H]1[C@H](O[C@@H]2c3ccc(c(Cl)c3)Oc3cc4cc(c3O[C@@H]3O[C@H](CO)[C@@H](O)[C@H](O)[C@H]3NCc3ccc(-c5ccccc5)cc3)Oc3ccc(cc3Cl)C[C@H]3NC(=O)[C@@H](NCc5ccc(-c6ccccc6)cc5)c5ccc(O)c(c5)Oc5cc(O)cc(c5)[C@H](NC3=O)C(=O)N[C@H]4C(=O)N[C@H]3C(=O)N[C@@H]2C(=O)N[C@H](C(=O)O)c2cc(O)cc(O[C@H]4O[C@H](CO)[C@@H](O)[C@H](O)[C@@H]4O)c2-c2cc3ccc2O)O[C@H](CO)[C@@H](O)[C@@H]1O. The maximum Gasteiger partial charge on any atom is 0.330 e. The van der Waals surface area contributed by atoms with Gasteiger partial charge in [0, 0.05) is 55.3 Å².